The molecule has 5 heteroatoms. The third kappa shape index (κ3) is 6.99. The number of nitrogens with zero attached hydrogens (tertiary/aromatic N) is 1. The summed E-state index contributed by atoms with van der Waals surface area (Å²) in [5.74, 6) is -0.348. The standard InChI is InChI=1S/C7H13N3O2/c8-2-1-5-12-7(11)6-10-4-3-9/h10H,1,3-6,9H2. The van der Waals surface area contributed by atoms with Crippen molar-refractivity contribution in [2.24, 2.45) is 5.73 Å². The molecule has 5 nitrogen and oxygen atoms in total. The quantitative estimate of drug-likeness (QED) is 0.395. The summed E-state index contributed by atoms with van der Waals surface area (Å²) < 4.78 is 4.66. The minimum Gasteiger partial charge on any atom is -0.464 e. The van der Waals surface area contributed by atoms with E-state index in [9.17, 15) is 4.79 Å². The van der Waals surface area contributed by atoms with Gasteiger partial charge in [-0.25, -0.2) is 0 Å². The van der Waals surface area contributed by atoms with Gasteiger partial charge in [0.2, 0.25) is 0 Å². The van der Waals surface area contributed by atoms with E-state index < -0.39 is 0 Å². The van der Waals surface area contributed by atoms with Crippen molar-refractivity contribution >= 4 is 5.97 Å². The molecule has 0 saturated carbocycles. The number of carbonyl (C=O) groups is 1. The highest BCUT2D eigenvalue weighted by molar-refractivity contribution is 5.71. The van der Waals surface area contributed by atoms with E-state index in [-0.39, 0.29) is 25.5 Å². The van der Waals surface area contributed by atoms with E-state index in [1.807, 2.05) is 6.07 Å². The van der Waals surface area contributed by atoms with Gasteiger partial charge in [0.25, 0.3) is 0 Å². The van der Waals surface area contributed by atoms with Crippen LogP contribution in [0.4, 0.5) is 0 Å². The van der Waals surface area contributed by atoms with Crippen molar-refractivity contribution in [2.75, 3.05) is 26.2 Å². The second kappa shape index (κ2) is 7.98. The molecule has 0 radical (unpaired) electrons. The number of nitrogens with one attached hydrogen (secondary N) is 1. The number of esters is 1. The number of nitriles is 1. The lowest BCUT2D eigenvalue weighted by molar-refractivity contribution is -0.142. The maximum atomic E-state index is 10.8. The fraction of sp³-hybridized carbons (Fsp3) is 0.714. The van der Waals surface area contributed by atoms with Crippen molar-refractivity contribution < 1.29 is 9.53 Å². The summed E-state index contributed by atoms with van der Waals surface area (Å²) >= 11 is 0. The molecular formula is C7H13N3O2. The Morgan fingerprint density at radius 1 is 1.67 bits per heavy atom. The van der Waals surface area contributed by atoms with Crippen molar-refractivity contribution in [1.82, 2.24) is 5.32 Å². The van der Waals surface area contributed by atoms with Crippen LogP contribution in [0.5, 0.6) is 0 Å². The van der Waals surface area contributed by atoms with Gasteiger partial charge in [-0.3, -0.25) is 4.79 Å². The lowest BCUT2D eigenvalue weighted by Gasteiger charge is -2.02. The van der Waals surface area contributed by atoms with Crippen LogP contribution in [0.3, 0.4) is 0 Å². The lowest BCUT2D eigenvalue weighted by Crippen LogP contribution is -2.29. The Kier molecular flexibility index (Phi) is 7.24. The number of ether oxygens (including phenoxy) is 1. The highest BCUT2D eigenvalue weighted by Crippen LogP contribution is 1.80. The number of rotatable bonds is 6. The lowest BCUT2D eigenvalue weighted by atomic mass is 10.5. The van der Waals surface area contributed by atoms with Gasteiger partial charge in [-0.15, -0.1) is 0 Å². The Labute approximate surface area is 71.5 Å². The van der Waals surface area contributed by atoms with Crippen molar-refractivity contribution in [2.45, 2.75) is 6.42 Å². The van der Waals surface area contributed by atoms with Gasteiger partial charge in [-0.1, -0.05) is 0 Å². The van der Waals surface area contributed by atoms with Gasteiger partial charge in [-0.2, -0.15) is 5.26 Å². The van der Waals surface area contributed by atoms with E-state index >= 15 is 0 Å². The second-order valence-electron chi connectivity index (χ2n) is 2.09. The summed E-state index contributed by atoms with van der Waals surface area (Å²) in [5, 5.41) is 10.9. The van der Waals surface area contributed by atoms with Gasteiger partial charge >= 0.3 is 5.97 Å². The molecule has 0 unspecified atom stereocenters. The number of nitrogens with two attached hydrogens (primary N) is 1. The zero-order chi connectivity index (χ0) is 9.23. The summed E-state index contributed by atoms with van der Waals surface area (Å²) in [4.78, 5) is 10.8. The van der Waals surface area contributed by atoms with Crippen LogP contribution in [-0.2, 0) is 9.53 Å². The third-order valence-electron chi connectivity index (χ3n) is 1.07. The van der Waals surface area contributed by atoms with Gasteiger partial charge < -0.3 is 15.8 Å². The molecule has 0 amide bonds. The molecule has 0 aromatic heterocycles. The van der Waals surface area contributed by atoms with Crippen LogP contribution in [-0.4, -0.2) is 32.2 Å². The molecule has 0 rings (SSSR count). The van der Waals surface area contributed by atoms with Gasteiger partial charge in [0.05, 0.1) is 19.0 Å². The maximum Gasteiger partial charge on any atom is 0.319 e. The summed E-state index contributed by atoms with van der Waals surface area (Å²) in [7, 11) is 0. The first-order valence-corrected chi connectivity index (χ1v) is 3.74. The number of carbonyl (C=O) groups excluding carboxylic acids is 1. The monoisotopic (exact) mass is 171 g/mol. The molecule has 0 fully saturated rings. The number of hydrogen-bond donors (Lipinski definition) is 2. The summed E-state index contributed by atoms with van der Waals surface area (Å²) in [6.45, 7) is 1.40. The molecule has 0 saturated heterocycles. The average Bonchev–Trinajstić information content (AvgIpc) is 2.06. The molecule has 0 atom stereocenters. The Balaban J connectivity index is 3.17. The molecule has 0 aliphatic rings. The molecule has 0 bridgehead atoms. The smallest absolute Gasteiger partial charge is 0.319 e. The molecule has 3 N–H and O–H groups in total. The molecule has 0 spiro atoms. The summed E-state index contributed by atoms with van der Waals surface area (Å²) in [5.41, 5.74) is 5.18. The van der Waals surface area contributed by atoms with E-state index in [2.05, 4.69) is 10.1 Å². The van der Waals surface area contributed by atoms with Gasteiger partial charge in [0, 0.05) is 13.1 Å². The molecule has 12 heavy (non-hydrogen) atoms. The number of hydrogen-bond acceptors (Lipinski definition) is 5. The van der Waals surface area contributed by atoms with Crippen LogP contribution in [0.15, 0.2) is 0 Å². The third-order valence-corrected chi connectivity index (χ3v) is 1.07. The zero-order valence-corrected chi connectivity index (χ0v) is 6.88. The van der Waals surface area contributed by atoms with E-state index in [0.717, 1.165) is 0 Å². The Morgan fingerprint density at radius 2 is 2.42 bits per heavy atom. The predicted molar refractivity (Wildman–Crippen MR) is 43.1 cm³/mol. The first-order valence-electron chi connectivity index (χ1n) is 3.74. The fourth-order valence-corrected chi connectivity index (χ4v) is 0.554. The molecule has 0 heterocycles. The van der Waals surface area contributed by atoms with Crippen LogP contribution in [0.25, 0.3) is 0 Å². The van der Waals surface area contributed by atoms with Crippen LogP contribution >= 0.6 is 0 Å². The highest BCUT2D eigenvalue weighted by atomic mass is 16.5. The maximum absolute atomic E-state index is 10.8. The van der Waals surface area contributed by atoms with Crippen molar-refractivity contribution in [3.8, 4) is 6.07 Å². The Bertz CT molecular complexity index is 165. The Hall–Kier alpha value is -1.12. The van der Waals surface area contributed by atoms with Crippen LogP contribution in [0.1, 0.15) is 6.42 Å². The van der Waals surface area contributed by atoms with E-state index in [1.54, 1.807) is 0 Å². The van der Waals surface area contributed by atoms with Gasteiger partial charge in [0.1, 0.15) is 6.61 Å². The Morgan fingerprint density at radius 3 is 3.00 bits per heavy atom. The molecule has 0 aliphatic carbocycles. The molecule has 68 valence electrons. The summed E-state index contributed by atoms with van der Waals surface area (Å²) in [6, 6.07) is 1.87. The molecule has 0 aromatic rings. The van der Waals surface area contributed by atoms with Crippen LogP contribution in [0, 0.1) is 11.3 Å². The summed E-state index contributed by atoms with van der Waals surface area (Å²) in [6.07, 6.45) is 0.239. The first kappa shape index (κ1) is 10.9. The minimum atomic E-state index is -0.348. The second-order valence-corrected chi connectivity index (χ2v) is 2.09. The SMILES string of the molecule is N#CCCOC(=O)CNCCN. The van der Waals surface area contributed by atoms with Crippen LogP contribution in [0.2, 0.25) is 0 Å². The van der Waals surface area contributed by atoms with E-state index in [1.165, 1.54) is 0 Å². The normalized spacial score (nSPS) is 9.00. The van der Waals surface area contributed by atoms with Crippen molar-refractivity contribution in [1.29, 1.82) is 5.26 Å². The van der Waals surface area contributed by atoms with Crippen molar-refractivity contribution in [3.63, 3.8) is 0 Å². The van der Waals surface area contributed by atoms with E-state index in [4.69, 9.17) is 11.0 Å². The minimum absolute atomic E-state index is 0.155. The van der Waals surface area contributed by atoms with E-state index in [0.29, 0.717) is 13.1 Å². The highest BCUT2D eigenvalue weighted by Gasteiger charge is 1.99. The predicted octanol–water partition coefficient (Wildman–Crippen LogP) is -1.01. The zero-order valence-electron chi connectivity index (χ0n) is 6.88. The topological polar surface area (TPSA) is 88.1 Å². The average molecular weight is 171 g/mol. The first-order chi connectivity index (χ1) is 5.81. The van der Waals surface area contributed by atoms with Crippen molar-refractivity contribution in [3.05, 3.63) is 0 Å². The largest absolute Gasteiger partial charge is 0.464 e. The molecular weight excluding hydrogens is 158 g/mol. The van der Waals surface area contributed by atoms with Crippen LogP contribution < -0.4 is 11.1 Å². The van der Waals surface area contributed by atoms with Gasteiger partial charge in [-0.05, 0) is 0 Å². The van der Waals surface area contributed by atoms with Gasteiger partial charge in [0.15, 0.2) is 0 Å². The molecule has 0 aromatic carbocycles. The fourth-order valence-electron chi connectivity index (χ4n) is 0.554. The molecule has 0 aliphatic heterocycles.